The summed E-state index contributed by atoms with van der Waals surface area (Å²) in [5, 5.41) is 0. The summed E-state index contributed by atoms with van der Waals surface area (Å²) in [5.41, 5.74) is 5.56. The number of carbonyl (C=O) groups is 1. The van der Waals surface area contributed by atoms with E-state index in [2.05, 4.69) is 20.7 Å². The molecule has 0 saturated carbocycles. The topological polar surface area (TPSA) is 61.5 Å². The third-order valence-electron chi connectivity index (χ3n) is 2.03. The fraction of sp³-hybridized carbons (Fsp3) is 0.364. The maximum atomic E-state index is 11.0. The molecule has 0 saturated heterocycles. The van der Waals surface area contributed by atoms with Crippen molar-refractivity contribution in [1.82, 2.24) is 0 Å². The maximum Gasteiger partial charge on any atom is 0.322 e. The van der Waals surface area contributed by atoms with E-state index in [1.165, 1.54) is 7.11 Å². The molecular formula is C11H14BrNO3. The van der Waals surface area contributed by atoms with Crippen LogP contribution in [0.2, 0.25) is 0 Å². The number of para-hydroxylation sites is 1. The van der Waals surface area contributed by atoms with Crippen molar-refractivity contribution >= 4 is 21.9 Å². The molecule has 4 nitrogen and oxygen atoms in total. The summed E-state index contributed by atoms with van der Waals surface area (Å²) in [6, 6.07) is 6.87. The van der Waals surface area contributed by atoms with Gasteiger partial charge in [0, 0.05) is 6.42 Å². The lowest BCUT2D eigenvalue weighted by Gasteiger charge is -2.11. The molecule has 0 radical (unpaired) electrons. The van der Waals surface area contributed by atoms with Crippen LogP contribution in [0.4, 0.5) is 0 Å². The number of methoxy groups -OCH3 is 1. The Bertz CT molecular complexity index is 357. The van der Waals surface area contributed by atoms with E-state index in [4.69, 9.17) is 10.5 Å². The Morgan fingerprint density at radius 2 is 2.19 bits per heavy atom. The number of rotatable bonds is 5. The Hall–Kier alpha value is -1.07. The quantitative estimate of drug-likeness (QED) is 0.838. The van der Waals surface area contributed by atoms with Gasteiger partial charge < -0.3 is 15.2 Å². The van der Waals surface area contributed by atoms with Crippen LogP contribution in [0, 0.1) is 0 Å². The highest BCUT2D eigenvalue weighted by molar-refractivity contribution is 9.10. The zero-order valence-corrected chi connectivity index (χ0v) is 10.6. The highest BCUT2D eigenvalue weighted by Gasteiger charge is 2.13. The summed E-state index contributed by atoms with van der Waals surface area (Å²) in [4.78, 5) is 11.0. The lowest BCUT2D eigenvalue weighted by molar-refractivity contribution is -0.142. The predicted molar refractivity (Wildman–Crippen MR) is 64.2 cm³/mol. The second-order valence-corrected chi connectivity index (χ2v) is 4.05. The number of halogens is 1. The molecule has 0 aliphatic carbocycles. The summed E-state index contributed by atoms with van der Waals surface area (Å²) in [5.74, 6) is 0.315. The fourth-order valence-electron chi connectivity index (χ4n) is 1.13. The van der Waals surface area contributed by atoms with Crippen molar-refractivity contribution in [3.63, 3.8) is 0 Å². The molecule has 0 heterocycles. The van der Waals surface area contributed by atoms with Gasteiger partial charge in [-0.05, 0) is 28.1 Å². The molecule has 1 unspecified atom stereocenters. The normalized spacial score (nSPS) is 11.9. The number of hydrogen-bond acceptors (Lipinski definition) is 4. The van der Waals surface area contributed by atoms with Crippen LogP contribution < -0.4 is 10.5 Å². The van der Waals surface area contributed by atoms with Gasteiger partial charge in [-0.2, -0.15) is 0 Å². The second kappa shape index (κ2) is 6.50. The SMILES string of the molecule is COC(=O)C(N)CCOc1ccccc1Br. The average Bonchev–Trinajstić information content (AvgIpc) is 2.30. The summed E-state index contributed by atoms with van der Waals surface area (Å²) < 4.78 is 10.9. The summed E-state index contributed by atoms with van der Waals surface area (Å²) in [7, 11) is 1.32. The van der Waals surface area contributed by atoms with Crippen molar-refractivity contribution in [1.29, 1.82) is 0 Å². The fourth-order valence-corrected chi connectivity index (χ4v) is 1.53. The van der Waals surface area contributed by atoms with Crippen molar-refractivity contribution in [2.45, 2.75) is 12.5 Å². The lowest BCUT2D eigenvalue weighted by atomic mass is 10.2. The molecule has 0 fully saturated rings. The molecule has 0 bridgehead atoms. The number of hydrogen-bond donors (Lipinski definition) is 1. The van der Waals surface area contributed by atoms with Crippen molar-refractivity contribution < 1.29 is 14.3 Å². The highest BCUT2D eigenvalue weighted by Crippen LogP contribution is 2.23. The minimum atomic E-state index is -0.632. The lowest BCUT2D eigenvalue weighted by Crippen LogP contribution is -2.33. The van der Waals surface area contributed by atoms with Crippen molar-refractivity contribution in [2.24, 2.45) is 5.73 Å². The van der Waals surface area contributed by atoms with E-state index in [-0.39, 0.29) is 0 Å². The van der Waals surface area contributed by atoms with Gasteiger partial charge in [-0.1, -0.05) is 12.1 Å². The number of ether oxygens (including phenoxy) is 2. The van der Waals surface area contributed by atoms with Crippen LogP contribution >= 0.6 is 15.9 Å². The van der Waals surface area contributed by atoms with E-state index in [0.29, 0.717) is 13.0 Å². The van der Waals surface area contributed by atoms with Crippen molar-refractivity contribution in [3.05, 3.63) is 28.7 Å². The van der Waals surface area contributed by atoms with Crippen LogP contribution in [-0.4, -0.2) is 25.7 Å². The maximum absolute atomic E-state index is 11.0. The van der Waals surface area contributed by atoms with Gasteiger partial charge in [0.05, 0.1) is 18.2 Å². The number of carbonyl (C=O) groups excluding carboxylic acids is 1. The molecule has 88 valence electrons. The van der Waals surface area contributed by atoms with Gasteiger partial charge in [-0.3, -0.25) is 4.79 Å². The Balaban J connectivity index is 2.36. The molecule has 2 N–H and O–H groups in total. The van der Waals surface area contributed by atoms with E-state index in [1.807, 2.05) is 24.3 Å². The monoisotopic (exact) mass is 287 g/mol. The van der Waals surface area contributed by atoms with Crippen molar-refractivity contribution in [3.8, 4) is 5.75 Å². The molecule has 1 rings (SSSR count). The first kappa shape index (κ1) is 13.0. The molecule has 0 amide bonds. The third-order valence-corrected chi connectivity index (χ3v) is 2.68. The van der Waals surface area contributed by atoms with Gasteiger partial charge in [-0.25, -0.2) is 0 Å². The zero-order valence-electron chi connectivity index (χ0n) is 8.98. The van der Waals surface area contributed by atoms with Crippen LogP contribution in [0.1, 0.15) is 6.42 Å². The summed E-state index contributed by atoms with van der Waals surface area (Å²) in [6.07, 6.45) is 0.425. The zero-order chi connectivity index (χ0) is 12.0. The van der Waals surface area contributed by atoms with Crippen LogP contribution in [0.15, 0.2) is 28.7 Å². The van der Waals surface area contributed by atoms with Gasteiger partial charge >= 0.3 is 5.97 Å². The molecule has 0 aliphatic rings. The predicted octanol–water partition coefficient (Wildman–Crippen LogP) is 1.72. The van der Waals surface area contributed by atoms with Crippen LogP contribution in [-0.2, 0) is 9.53 Å². The standard InChI is InChI=1S/C11H14BrNO3/c1-15-11(14)9(13)6-7-16-10-5-3-2-4-8(10)12/h2-5,9H,6-7,13H2,1H3. The molecule has 1 aromatic carbocycles. The van der Waals surface area contributed by atoms with Crippen LogP contribution in [0.25, 0.3) is 0 Å². The first-order valence-electron chi connectivity index (χ1n) is 4.86. The summed E-state index contributed by atoms with van der Waals surface area (Å²) in [6.45, 7) is 0.374. The Labute approximate surface area is 103 Å². The molecule has 0 aliphatic heterocycles. The largest absolute Gasteiger partial charge is 0.492 e. The molecule has 0 spiro atoms. The Kier molecular flexibility index (Phi) is 5.28. The summed E-state index contributed by atoms with van der Waals surface area (Å²) >= 11 is 3.36. The van der Waals surface area contributed by atoms with E-state index in [1.54, 1.807) is 0 Å². The van der Waals surface area contributed by atoms with Gasteiger partial charge in [0.2, 0.25) is 0 Å². The van der Waals surface area contributed by atoms with Gasteiger partial charge in [0.15, 0.2) is 0 Å². The number of esters is 1. The molecule has 0 aromatic heterocycles. The van der Waals surface area contributed by atoms with E-state index in [0.717, 1.165) is 10.2 Å². The van der Waals surface area contributed by atoms with Gasteiger partial charge in [0.25, 0.3) is 0 Å². The number of benzene rings is 1. The first-order valence-corrected chi connectivity index (χ1v) is 5.65. The minimum absolute atomic E-state index is 0.374. The van der Waals surface area contributed by atoms with E-state index >= 15 is 0 Å². The molecule has 1 atom stereocenters. The third kappa shape index (κ3) is 3.83. The minimum Gasteiger partial charge on any atom is -0.492 e. The van der Waals surface area contributed by atoms with E-state index < -0.39 is 12.0 Å². The second-order valence-electron chi connectivity index (χ2n) is 3.20. The van der Waals surface area contributed by atoms with Crippen LogP contribution in [0.5, 0.6) is 5.75 Å². The highest BCUT2D eigenvalue weighted by atomic mass is 79.9. The van der Waals surface area contributed by atoms with E-state index in [9.17, 15) is 4.79 Å². The molecule has 5 heteroatoms. The average molecular weight is 288 g/mol. The molecule has 16 heavy (non-hydrogen) atoms. The molecular weight excluding hydrogens is 274 g/mol. The first-order chi connectivity index (χ1) is 7.65. The Morgan fingerprint density at radius 1 is 1.50 bits per heavy atom. The number of nitrogens with two attached hydrogens (primary N) is 1. The Morgan fingerprint density at radius 3 is 2.81 bits per heavy atom. The smallest absolute Gasteiger partial charge is 0.322 e. The van der Waals surface area contributed by atoms with Gasteiger partial charge in [-0.15, -0.1) is 0 Å². The van der Waals surface area contributed by atoms with Crippen LogP contribution in [0.3, 0.4) is 0 Å². The van der Waals surface area contributed by atoms with Gasteiger partial charge in [0.1, 0.15) is 11.8 Å². The molecule has 1 aromatic rings. The van der Waals surface area contributed by atoms with Crippen molar-refractivity contribution in [2.75, 3.05) is 13.7 Å².